The van der Waals surface area contributed by atoms with E-state index >= 15 is 0 Å². The molecule has 2 N–H and O–H groups in total. The molecule has 0 spiro atoms. The van der Waals surface area contributed by atoms with Crippen LogP contribution in [-0.4, -0.2) is 47.5 Å². The van der Waals surface area contributed by atoms with Crippen LogP contribution in [0.5, 0.6) is 0 Å². The zero-order valence-electron chi connectivity index (χ0n) is 9.31. The van der Waals surface area contributed by atoms with Gasteiger partial charge < -0.3 is 15.4 Å². The minimum Gasteiger partial charge on any atom is -0.396 e. The molecule has 15 heavy (non-hydrogen) atoms. The maximum absolute atomic E-state index is 5.74. The van der Waals surface area contributed by atoms with E-state index in [9.17, 15) is 0 Å². The Morgan fingerprint density at radius 1 is 1.67 bits per heavy atom. The smallest absolute Gasteiger partial charge is 0.0898 e. The summed E-state index contributed by atoms with van der Waals surface area (Å²) in [5.41, 5.74) is 7.51. The van der Waals surface area contributed by atoms with Crippen LogP contribution < -0.4 is 5.73 Å². The third kappa shape index (κ3) is 2.30. The Labute approximate surface area is 89.8 Å². The first-order valence-corrected chi connectivity index (χ1v) is 5.25. The molecule has 84 valence electrons. The van der Waals surface area contributed by atoms with Crippen molar-refractivity contribution in [2.75, 3.05) is 32.5 Å². The van der Waals surface area contributed by atoms with E-state index in [1.54, 1.807) is 6.20 Å². The van der Waals surface area contributed by atoms with Gasteiger partial charge in [0.05, 0.1) is 36.8 Å². The van der Waals surface area contributed by atoms with Crippen molar-refractivity contribution < 1.29 is 4.74 Å². The number of likely N-dealkylation sites (N-methyl/N-ethyl adjacent to an activating group) is 1. The monoisotopic (exact) mass is 210 g/mol. The van der Waals surface area contributed by atoms with Crippen LogP contribution >= 0.6 is 0 Å². The molecule has 5 nitrogen and oxygen atoms in total. The quantitative estimate of drug-likeness (QED) is 0.752. The lowest BCUT2D eigenvalue weighted by Gasteiger charge is -2.30. The number of hydrogen-bond acceptors (Lipinski definition) is 4. The Hall–Kier alpha value is -1.07. The number of rotatable bonds is 2. The van der Waals surface area contributed by atoms with Gasteiger partial charge >= 0.3 is 0 Å². The average Bonchev–Trinajstić information content (AvgIpc) is 2.50. The number of hydrogen-bond donors (Lipinski definition) is 1. The maximum atomic E-state index is 5.74. The summed E-state index contributed by atoms with van der Waals surface area (Å²) in [4.78, 5) is 2.27. The number of nitrogens with zero attached hydrogens (tertiary/aromatic N) is 3. The normalized spacial score (nSPS) is 23.2. The number of nitrogen functional groups attached to an aromatic ring is 1. The van der Waals surface area contributed by atoms with Gasteiger partial charge in [-0.2, -0.15) is 5.10 Å². The fourth-order valence-electron chi connectivity index (χ4n) is 1.82. The first-order valence-electron chi connectivity index (χ1n) is 5.25. The van der Waals surface area contributed by atoms with Crippen molar-refractivity contribution in [1.82, 2.24) is 14.7 Å². The van der Waals surface area contributed by atoms with E-state index in [-0.39, 0.29) is 6.10 Å². The van der Waals surface area contributed by atoms with Crippen molar-refractivity contribution in [1.29, 1.82) is 0 Å². The fraction of sp³-hybridized carbons (Fsp3) is 0.700. The predicted molar refractivity (Wildman–Crippen MR) is 58.6 cm³/mol. The van der Waals surface area contributed by atoms with Crippen molar-refractivity contribution in [2.24, 2.45) is 0 Å². The van der Waals surface area contributed by atoms with E-state index in [1.807, 2.05) is 11.6 Å². The highest BCUT2D eigenvalue weighted by Gasteiger charge is 2.19. The molecule has 1 fully saturated rings. The van der Waals surface area contributed by atoms with E-state index in [0.717, 1.165) is 37.6 Å². The summed E-state index contributed by atoms with van der Waals surface area (Å²) in [6.45, 7) is 5.54. The molecule has 0 aliphatic carbocycles. The Morgan fingerprint density at radius 2 is 2.47 bits per heavy atom. The first kappa shape index (κ1) is 10.4. The Balaban J connectivity index is 1.99. The SMILES string of the molecule is Cc1c(N)cnn1CC1CN(C)CCO1. The predicted octanol–water partition coefficient (Wildman–Crippen LogP) is 0.104. The molecule has 5 heteroatoms. The van der Waals surface area contributed by atoms with Crippen LogP contribution in [0.4, 0.5) is 5.69 Å². The molecule has 1 unspecified atom stereocenters. The lowest BCUT2D eigenvalue weighted by atomic mass is 10.3. The van der Waals surface area contributed by atoms with Crippen LogP contribution in [0.1, 0.15) is 5.69 Å². The Bertz CT molecular complexity index is 336. The number of anilines is 1. The summed E-state index contributed by atoms with van der Waals surface area (Å²) >= 11 is 0. The van der Waals surface area contributed by atoms with Gasteiger partial charge in [0.15, 0.2) is 0 Å². The highest BCUT2D eigenvalue weighted by molar-refractivity contribution is 5.39. The van der Waals surface area contributed by atoms with Crippen molar-refractivity contribution in [2.45, 2.75) is 19.6 Å². The van der Waals surface area contributed by atoms with Crippen molar-refractivity contribution in [3.8, 4) is 0 Å². The van der Waals surface area contributed by atoms with Gasteiger partial charge in [0, 0.05) is 13.1 Å². The lowest BCUT2D eigenvalue weighted by Crippen LogP contribution is -2.42. The first-order chi connectivity index (χ1) is 7.16. The number of aromatic nitrogens is 2. The van der Waals surface area contributed by atoms with Gasteiger partial charge in [-0.3, -0.25) is 4.68 Å². The van der Waals surface area contributed by atoms with Crippen LogP contribution in [0.2, 0.25) is 0 Å². The van der Waals surface area contributed by atoms with Gasteiger partial charge in [0.2, 0.25) is 0 Å². The molecule has 1 aliphatic rings. The zero-order valence-corrected chi connectivity index (χ0v) is 9.31. The van der Waals surface area contributed by atoms with Gasteiger partial charge in [-0.1, -0.05) is 0 Å². The summed E-state index contributed by atoms with van der Waals surface area (Å²) in [5, 5.41) is 4.23. The van der Waals surface area contributed by atoms with Crippen LogP contribution in [0.3, 0.4) is 0 Å². The van der Waals surface area contributed by atoms with Crippen LogP contribution in [0, 0.1) is 6.92 Å². The highest BCUT2D eigenvalue weighted by Crippen LogP contribution is 2.11. The fourth-order valence-corrected chi connectivity index (χ4v) is 1.82. The Kier molecular flexibility index (Phi) is 2.93. The summed E-state index contributed by atoms with van der Waals surface area (Å²) < 4.78 is 7.59. The number of ether oxygens (including phenoxy) is 1. The third-order valence-corrected chi connectivity index (χ3v) is 2.86. The van der Waals surface area contributed by atoms with Crippen LogP contribution in [0.15, 0.2) is 6.20 Å². The molecule has 1 aliphatic heterocycles. The van der Waals surface area contributed by atoms with Crippen molar-refractivity contribution in [3.63, 3.8) is 0 Å². The largest absolute Gasteiger partial charge is 0.396 e. The highest BCUT2D eigenvalue weighted by atomic mass is 16.5. The summed E-state index contributed by atoms with van der Waals surface area (Å²) in [5.74, 6) is 0. The third-order valence-electron chi connectivity index (χ3n) is 2.86. The maximum Gasteiger partial charge on any atom is 0.0898 e. The zero-order chi connectivity index (χ0) is 10.8. The van der Waals surface area contributed by atoms with Gasteiger partial charge in [-0.15, -0.1) is 0 Å². The molecule has 1 atom stereocenters. The van der Waals surface area contributed by atoms with E-state index in [1.165, 1.54) is 0 Å². The van der Waals surface area contributed by atoms with Gasteiger partial charge in [-0.05, 0) is 14.0 Å². The molecule has 1 aromatic rings. The van der Waals surface area contributed by atoms with Gasteiger partial charge in [0.25, 0.3) is 0 Å². The average molecular weight is 210 g/mol. The van der Waals surface area contributed by atoms with Gasteiger partial charge in [-0.25, -0.2) is 0 Å². The molecule has 1 saturated heterocycles. The second-order valence-electron chi connectivity index (χ2n) is 4.12. The lowest BCUT2D eigenvalue weighted by molar-refractivity contribution is -0.0292. The minimum absolute atomic E-state index is 0.224. The summed E-state index contributed by atoms with van der Waals surface area (Å²) in [6.07, 6.45) is 1.92. The molecule has 0 bridgehead atoms. The molecular formula is C10H18N4O. The van der Waals surface area contributed by atoms with Crippen LogP contribution in [-0.2, 0) is 11.3 Å². The van der Waals surface area contributed by atoms with E-state index < -0.39 is 0 Å². The molecule has 2 rings (SSSR count). The summed E-state index contributed by atoms with van der Waals surface area (Å²) in [6, 6.07) is 0. The molecule has 0 radical (unpaired) electrons. The molecular weight excluding hydrogens is 192 g/mol. The van der Waals surface area contributed by atoms with E-state index in [4.69, 9.17) is 10.5 Å². The standard InChI is InChI=1S/C10H18N4O/c1-8-10(11)5-12-14(8)7-9-6-13(2)3-4-15-9/h5,9H,3-4,6-7,11H2,1-2H3. The minimum atomic E-state index is 0.224. The molecule has 0 amide bonds. The second-order valence-corrected chi connectivity index (χ2v) is 4.12. The van der Waals surface area contributed by atoms with Gasteiger partial charge in [0.1, 0.15) is 0 Å². The van der Waals surface area contributed by atoms with Crippen LogP contribution in [0.25, 0.3) is 0 Å². The molecule has 1 aromatic heterocycles. The number of nitrogens with two attached hydrogens (primary N) is 1. The van der Waals surface area contributed by atoms with Crippen molar-refractivity contribution in [3.05, 3.63) is 11.9 Å². The topological polar surface area (TPSA) is 56.3 Å². The Morgan fingerprint density at radius 3 is 3.07 bits per heavy atom. The second kappa shape index (κ2) is 4.20. The number of morpholine rings is 1. The van der Waals surface area contributed by atoms with E-state index in [0.29, 0.717) is 0 Å². The molecule has 2 heterocycles. The summed E-state index contributed by atoms with van der Waals surface area (Å²) in [7, 11) is 2.11. The molecule has 0 saturated carbocycles. The van der Waals surface area contributed by atoms with E-state index in [2.05, 4.69) is 17.0 Å². The molecule has 0 aromatic carbocycles. The van der Waals surface area contributed by atoms with Crippen molar-refractivity contribution >= 4 is 5.69 Å².